The van der Waals surface area contributed by atoms with E-state index in [0.717, 1.165) is 11.1 Å². The maximum Gasteiger partial charge on any atom is 0.309 e. The van der Waals surface area contributed by atoms with E-state index in [1.165, 1.54) is 0 Å². The number of ether oxygens (including phenoxy) is 1. The van der Waals surface area contributed by atoms with E-state index in [2.05, 4.69) is 17.1 Å². The van der Waals surface area contributed by atoms with E-state index in [1.807, 2.05) is 67.4 Å². The quantitative estimate of drug-likeness (QED) is 0.494. The van der Waals surface area contributed by atoms with Crippen LogP contribution in [-0.4, -0.2) is 53.5 Å². The Kier molecular flexibility index (Phi) is 7.52. The van der Waals surface area contributed by atoms with E-state index in [1.54, 1.807) is 11.1 Å². The molecule has 3 aromatic rings. The molecule has 2 aromatic carbocycles. The Morgan fingerprint density at radius 1 is 1.03 bits per heavy atom. The average molecular weight is 459 g/mol. The molecule has 0 unspecified atom stereocenters. The molecule has 176 valence electrons. The zero-order valence-corrected chi connectivity index (χ0v) is 19.7. The molecule has 0 N–H and O–H groups in total. The van der Waals surface area contributed by atoms with Gasteiger partial charge in [-0.25, -0.2) is 9.97 Å². The monoisotopic (exact) mass is 458 g/mol. The lowest BCUT2D eigenvalue weighted by Gasteiger charge is -2.32. The second-order valence-corrected chi connectivity index (χ2v) is 8.46. The summed E-state index contributed by atoms with van der Waals surface area (Å²) in [7, 11) is 1.94. The molecule has 0 aliphatic carbocycles. The minimum atomic E-state index is -0.173. The third-order valence-corrected chi connectivity index (χ3v) is 6.06. The summed E-state index contributed by atoms with van der Waals surface area (Å²) in [6, 6.07) is 19.8. The molecule has 0 spiro atoms. The van der Waals surface area contributed by atoms with Crippen molar-refractivity contribution in [3.05, 3.63) is 78.0 Å². The van der Waals surface area contributed by atoms with Crippen molar-refractivity contribution in [3.63, 3.8) is 0 Å². The van der Waals surface area contributed by atoms with E-state index in [-0.39, 0.29) is 17.8 Å². The van der Waals surface area contributed by atoms with Crippen LogP contribution in [0, 0.1) is 5.92 Å². The van der Waals surface area contributed by atoms with Gasteiger partial charge in [0.2, 0.25) is 0 Å². The Balaban J connectivity index is 1.59. The van der Waals surface area contributed by atoms with Gasteiger partial charge in [-0.05, 0) is 25.3 Å². The second kappa shape index (κ2) is 10.9. The fourth-order valence-electron chi connectivity index (χ4n) is 4.22. The summed E-state index contributed by atoms with van der Waals surface area (Å²) < 4.78 is 5.16. The van der Waals surface area contributed by atoms with Crippen LogP contribution in [-0.2, 0) is 16.1 Å². The number of amides is 1. The van der Waals surface area contributed by atoms with Gasteiger partial charge in [0.05, 0.1) is 12.5 Å². The first kappa shape index (κ1) is 23.4. The van der Waals surface area contributed by atoms with E-state index in [9.17, 15) is 9.59 Å². The summed E-state index contributed by atoms with van der Waals surface area (Å²) in [6.45, 7) is 3.80. The minimum absolute atomic E-state index is 0.114. The zero-order chi connectivity index (χ0) is 23.9. The average Bonchev–Trinajstić information content (AvgIpc) is 2.89. The molecular formula is C27H30N4O3. The highest BCUT2D eigenvalue weighted by Gasteiger charge is 2.30. The van der Waals surface area contributed by atoms with Crippen molar-refractivity contribution in [2.75, 3.05) is 31.6 Å². The first-order chi connectivity index (χ1) is 16.6. The maximum absolute atomic E-state index is 13.5. The van der Waals surface area contributed by atoms with Crippen LogP contribution >= 0.6 is 0 Å². The van der Waals surface area contributed by atoms with Crippen molar-refractivity contribution in [2.45, 2.75) is 26.3 Å². The van der Waals surface area contributed by atoms with Crippen molar-refractivity contribution >= 4 is 17.7 Å². The number of hydrogen-bond acceptors (Lipinski definition) is 6. The normalized spacial score (nSPS) is 14.0. The van der Waals surface area contributed by atoms with Crippen molar-refractivity contribution in [2.24, 2.45) is 5.92 Å². The van der Waals surface area contributed by atoms with Gasteiger partial charge in [0, 0.05) is 38.4 Å². The van der Waals surface area contributed by atoms with Crippen LogP contribution in [0.1, 0.15) is 35.7 Å². The predicted molar refractivity (Wildman–Crippen MR) is 131 cm³/mol. The van der Waals surface area contributed by atoms with Crippen LogP contribution in [0.2, 0.25) is 0 Å². The number of esters is 1. The highest BCUT2D eigenvalue weighted by atomic mass is 16.5. The van der Waals surface area contributed by atoms with Crippen LogP contribution in [0.3, 0.4) is 0 Å². The first-order valence-electron chi connectivity index (χ1n) is 11.7. The number of benzene rings is 2. The number of likely N-dealkylation sites (tertiary alicyclic amines) is 1. The van der Waals surface area contributed by atoms with Gasteiger partial charge in [-0.15, -0.1) is 0 Å². The third kappa shape index (κ3) is 5.42. The first-order valence-corrected chi connectivity index (χ1v) is 11.7. The Morgan fingerprint density at radius 3 is 2.32 bits per heavy atom. The SMILES string of the molecule is CCOC(=O)C1CCN(C(=O)c2cnc(-c3ccccc3)nc2N(C)Cc2ccccc2)CC1. The fraction of sp³-hybridized carbons (Fsp3) is 0.333. The molecule has 2 heterocycles. The summed E-state index contributed by atoms with van der Waals surface area (Å²) in [5.41, 5.74) is 2.48. The smallest absolute Gasteiger partial charge is 0.309 e. The van der Waals surface area contributed by atoms with Gasteiger partial charge < -0.3 is 14.5 Å². The molecule has 0 saturated carbocycles. The maximum atomic E-state index is 13.5. The summed E-state index contributed by atoms with van der Waals surface area (Å²) in [5, 5.41) is 0. The molecular weight excluding hydrogens is 428 g/mol. The summed E-state index contributed by atoms with van der Waals surface area (Å²) >= 11 is 0. The van der Waals surface area contributed by atoms with Gasteiger partial charge in [-0.1, -0.05) is 60.7 Å². The molecule has 0 radical (unpaired) electrons. The minimum Gasteiger partial charge on any atom is -0.466 e. The fourth-order valence-corrected chi connectivity index (χ4v) is 4.22. The van der Waals surface area contributed by atoms with E-state index in [4.69, 9.17) is 9.72 Å². The van der Waals surface area contributed by atoms with Crippen molar-refractivity contribution in [1.82, 2.24) is 14.9 Å². The Bertz CT molecular complexity index is 1110. The Labute approximate surface area is 200 Å². The molecule has 34 heavy (non-hydrogen) atoms. The van der Waals surface area contributed by atoms with E-state index >= 15 is 0 Å². The molecule has 1 fully saturated rings. The molecule has 1 amide bonds. The van der Waals surface area contributed by atoms with Crippen molar-refractivity contribution in [3.8, 4) is 11.4 Å². The van der Waals surface area contributed by atoms with E-state index in [0.29, 0.717) is 56.3 Å². The second-order valence-electron chi connectivity index (χ2n) is 8.46. The van der Waals surface area contributed by atoms with Crippen LogP contribution in [0.4, 0.5) is 5.82 Å². The number of rotatable bonds is 7. The van der Waals surface area contributed by atoms with Crippen LogP contribution in [0.25, 0.3) is 11.4 Å². The summed E-state index contributed by atoms with van der Waals surface area (Å²) in [6.07, 6.45) is 2.83. The third-order valence-electron chi connectivity index (χ3n) is 6.06. The molecule has 1 aromatic heterocycles. The Morgan fingerprint density at radius 2 is 1.68 bits per heavy atom. The van der Waals surface area contributed by atoms with E-state index < -0.39 is 0 Å². The molecule has 7 nitrogen and oxygen atoms in total. The van der Waals surface area contributed by atoms with Crippen molar-refractivity contribution < 1.29 is 14.3 Å². The standard InChI is InChI=1S/C27H30N4O3/c1-3-34-27(33)22-14-16-31(17-15-22)26(32)23-18-28-24(21-12-8-5-9-13-21)29-25(23)30(2)19-20-10-6-4-7-11-20/h4-13,18,22H,3,14-17,19H2,1-2H3. The molecule has 1 saturated heterocycles. The molecule has 0 atom stereocenters. The van der Waals surface area contributed by atoms with Crippen LogP contribution in [0.5, 0.6) is 0 Å². The number of hydrogen-bond donors (Lipinski definition) is 0. The van der Waals surface area contributed by atoms with Crippen LogP contribution < -0.4 is 4.90 Å². The van der Waals surface area contributed by atoms with Gasteiger partial charge in [-0.3, -0.25) is 9.59 Å². The molecule has 0 bridgehead atoms. The topological polar surface area (TPSA) is 75.6 Å². The zero-order valence-electron chi connectivity index (χ0n) is 19.7. The molecule has 1 aliphatic rings. The van der Waals surface area contributed by atoms with Gasteiger partial charge >= 0.3 is 5.97 Å². The predicted octanol–water partition coefficient (Wildman–Crippen LogP) is 4.20. The highest BCUT2D eigenvalue weighted by molar-refractivity contribution is 5.99. The number of anilines is 1. The number of carbonyl (C=O) groups is 2. The lowest BCUT2D eigenvalue weighted by atomic mass is 9.96. The lowest BCUT2D eigenvalue weighted by Crippen LogP contribution is -2.41. The van der Waals surface area contributed by atoms with Gasteiger partial charge in [0.15, 0.2) is 5.82 Å². The summed E-state index contributed by atoms with van der Waals surface area (Å²) in [4.78, 5) is 38.7. The Hall–Kier alpha value is -3.74. The van der Waals surface area contributed by atoms with Crippen LogP contribution in [0.15, 0.2) is 66.9 Å². The van der Waals surface area contributed by atoms with Gasteiger partial charge in [0.1, 0.15) is 11.4 Å². The molecule has 7 heteroatoms. The molecule has 4 rings (SSSR count). The largest absolute Gasteiger partial charge is 0.466 e. The van der Waals surface area contributed by atoms with Gasteiger partial charge in [-0.2, -0.15) is 0 Å². The summed E-state index contributed by atoms with van der Waals surface area (Å²) in [5.74, 6) is 0.731. The number of carbonyl (C=O) groups excluding carboxylic acids is 2. The number of nitrogens with zero attached hydrogens (tertiary/aromatic N) is 4. The van der Waals surface area contributed by atoms with Crippen molar-refractivity contribution in [1.29, 1.82) is 0 Å². The number of aromatic nitrogens is 2. The number of piperidine rings is 1. The molecule has 1 aliphatic heterocycles. The van der Waals surface area contributed by atoms with Gasteiger partial charge in [0.25, 0.3) is 5.91 Å². The highest BCUT2D eigenvalue weighted by Crippen LogP contribution is 2.26. The lowest BCUT2D eigenvalue weighted by molar-refractivity contribution is -0.149.